The zero-order valence-electron chi connectivity index (χ0n) is 12.3. The molecule has 114 valence electrons. The molecule has 0 spiro atoms. The normalized spacial score (nSPS) is 12.7. The van der Waals surface area contributed by atoms with Crippen LogP contribution in [0, 0.1) is 6.92 Å². The van der Waals surface area contributed by atoms with Crippen LogP contribution in [0.15, 0.2) is 22.7 Å². The molecule has 0 aliphatic carbocycles. The average Bonchev–Trinajstić information content (AvgIpc) is 2.67. The number of hydrogen-bond donors (Lipinski definition) is 1. The maximum absolute atomic E-state index is 6.36. The Bertz CT molecular complexity index is 640. The number of hydrogen-bond acceptors (Lipinski definition) is 2. The van der Waals surface area contributed by atoms with Gasteiger partial charge >= 0.3 is 0 Å². The van der Waals surface area contributed by atoms with Gasteiger partial charge in [-0.25, -0.2) is 0 Å². The summed E-state index contributed by atoms with van der Waals surface area (Å²) in [6, 6.07) is 6.00. The van der Waals surface area contributed by atoms with Crippen LogP contribution in [0.25, 0.3) is 0 Å². The van der Waals surface area contributed by atoms with E-state index in [-0.39, 0.29) is 6.04 Å². The van der Waals surface area contributed by atoms with Crippen molar-refractivity contribution in [2.45, 2.75) is 26.3 Å². The summed E-state index contributed by atoms with van der Waals surface area (Å²) in [7, 11) is 1.85. The number of benzene rings is 1. The fourth-order valence-electron chi connectivity index (χ4n) is 2.43. The van der Waals surface area contributed by atoms with Gasteiger partial charge in [0.25, 0.3) is 0 Å². The molecule has 0 aliphatic heterocycles. The smallest absolute Gasteiger partial charge is 0.130 e. The quantitative estimate of drug-likeness (QED) is 0.802. The van der Waals surface area contributed by atoms with Crippen LogP contribution in [0.2, 0.25) is 10.2 Å². The Kier molecular flexibility index (Phi) is 5.72. The Hall–Kier alpha value is -0.550. The summed E-state index contributed by atoms with van der Waals surface area (Å²) >= 11 is 16.2. The molecule has 2 rings (SSSR count). The Morgan fingerprint density at radius 3 is 2.67 bits per heavy atom. The van der Waals surface area contributed by atoms with Crippen LogP contribution in [-0.2, 0) is 13.5 Å². The molecule has 0 saturated carbocycles. The first kappa shape index (κ1) is 16.8. The van der Waals surface area contributed by atoms with Crippen molar-refractivity contribution in [2.24, 2.45) is 7.05 Å². The molecule has 1 atom stereocenters. The van der Waals surface area contributed by atoms with Gasteiger partial charge in [0.15, 0.2) is 0 Å². The van der Waals surface area contributed by atoms with E-state index in [4.69, 9.17) is 23.2 Å². The van der Waals surface area contributed by atoms with Gasteiger partial charge in [0, 0.05) is 28.1 Å². The lowest BCUT2D eigenvalue weighted by Gasteiger charge is -2.20. The molecule has 1 aromatic carbocycles. The van der Waals surface area contributed by atoms with Gasteiger partial charge in [0.1, 0.15) is 5.15 Å². The molecule has 1 aromatic heterocycles. The maximum Gasteiger partial charge on any atom is 0.130 e. The average molecular weight is 391 g/mol. The lowest BCUT2D eigenvalue weighted by Crippen LogP contribution is -2.23. The van der Waals surface area contributed by atoms with Gasteiger partial charge in [0.2, 0.25) is 0 Å². The first-order valence-corrected chi connectivity index (χ1v) is 8.35. The van der Waals surface area contributed by atoms with Crippen molar-refractivity contribution < 1.29 is 0 Å². The second-order valence-electron chi connectivity index (χ2n) is 4.96. The Morgan fingerprint density at radius 1 is 1.38 bits per heavy atom. The molecule has 2 aromatic rings. The summed E-state index contributed by atoms with van der Waals surface area (Å²) in [4.78, 5) is 0. The highest BCUT2D eigenvalue weighted by atomic mass is 79.9. The van der Waals surface area contributed by atoms with E-state index in [9.17, 15) is 0 Å². The summed E-state index contributed by atoms with van der Waals surface area (Å²) in [5, 5.41) is 9.28. The lowest BCUT2D eigenvalue weighted by molar-refractivity contribution is 0.548. The van der Waals surface area contributed by atoms with Gasteiger partial charge in [-0.2, -0.15) is 5.10 Å². The van der Waals surface area contributed by atoms with Crippen LogP contribution < -0.4 is 5.32 Å². The highest BCUT2D eigenvalue weighted by Gasteiger charge is 2.20. The Labute approximate surface area is 143 Å². The molecule has 1 heterocycles. The van der Waals surface area contributed by atoms with Crippen molar-refractivity contribution in [3.05, 3.63) is 49.7 Å². The van der Waals surface area contributed by atoms with E-state index < -0.39 is 0 Å². The van der Waals surface area contributed by atoms with Crippen LogP contribution in [-0.4, -0.2) is 16.3 Å². The van der Waals surface area contributed by atoms with Crippen LogP contribution >= 0.6 is 39.1 Å². The van der Waals surface area contributed by atoms with Gasteiger partial charge in [-0.3, -0.25) is 4.68 Å². The van der Waals surface area contributed by atoms with Crippen molar-refractivity contribution in [2.75, 3.05) is 6.54 Å². The summed E-state index contributed by atoms with van der Waals surface area (Å²) < 4.78 is 2.72. The SMILES string of the molecule is CCNC(Cc1c(C)nn(C)c1Cl)c1cc(Br)ccc1Cl. The van der Waals surface area contributed by atoms with Crippen molar-refractivity contribution in [1.29, 1.82) is 0 Å². The third-order valence-electron chi connectivity index (χ3n) is 3.46. The van der Waals surface area contributed by atoms with Crippen LogP contribution in [0.3, 0.4) is 0 Å². The van der Waals surface area contributed by atoms with Crippen molar-refractivity contribution in [1.82, 2.24) is 15.1 Å². The van der Waals surface area contributed by atoms with Crippen molar-refractivity contribution >= 4 is 39.1 Å². The summed E-state index contributed by atoms with van der Waals surface area (Å²) in [5.41, 5.74) is 3.07. The van der Waals surface area contributed by atoms with E-state index in [1.54, 1.807) is 4.68 Å². The number of nitrogens with one attached hydrogen (secondary N) is 1. The maximum atomic E-state index is 6.36. The van der Waals surface area contributed by atoms with Gasteiger partial charge < -0.3 is 5.32 Å². The molecule has 0 bridgehead atoms. The number of nitrogens with zero attached hydrogens (tertiary/aromatic N) is 2. The molecule has 1 N–H and O–H groups in total. The third kappa shape index (κ3) is 3.81. The van der Waals surface area contributed by atoms with E-state index in [1.165, 1.54) is 0 Å². The molecular formula is C15H18BrCl2N3. The minimum Gasteiger partial charge on any atom is -0.310 e. The van der Waals surface area contributed by atoms with E-state index in [2.05, 4.69) is 39.3 Å². The minimum absolute atomic E-state index is 0.0976. The molecular weight excluding hydrogens is 373 g/mol. The van der Waals surface area contributed by atoms with Crippen LogP contribution in [0.5, 0.6) is 0 Å². The Balaban J connectivity index is 2.37. The number of aromatic nitrogens is 2. The van der Waals surface area contributed by atoms with E-state index in [1.807, 2.05) is 26.1 Å². The highest BCUT2D eigenvalue weighted by molar-refractivity contribution is 9.10. The zero-order chi connectivity index (χ0) is 15.6. The molecule has 0 aliphatic rings. The largest absolute Gasteiger partial charge is 0.310 e. The zero-order valence-corrected chi connectivity index (χ0v) is 15.3. The predicted molar refractivity (Wildman–Crippen MR) is 92.2 cm³/mol. The lowest BCUT2D eigenvalue weighted by atomic mass is 9.99. The second-order valence-corrected chi connectivity index (χ2v) is 6.64. The van der Waals surface area contributed by atoms with E-state index >= 15 is 0 Å². The molecule has 0 radical (unpaired) electrons. The number of aryl methyl sites for hydroxylation is 2. The number of halogens is 3. The topological polar surface area (TPSA) is 29.9 Å². The Morgan fingerprint density at radius 2 is 2.10 bits per heavy atom. The van der Waals surface area contributed by atoms with Crippen LogP contribution in [0.1, 0.15) is 29.8 Å². The molecule has 0 amide bonds. The number of rotatable bonds is 5. The van der Waals surface area contributed by atoms with Crippen LogP contribution in [0.4, 0.5) is 0 Å². The van der Waals surface area contributed by atoms with Gasteiger partial charge in [-0.1, -0.05) is 46.1 Å². The third-order valence-corrected chi connectivity index (χ3v) is 4.77. The minimum atomic E-state index is 0.0976. The second kappa shape index (κ2) is 7.14. The molecule has 6 heteroatoms. The number of likely N-dealkylation sites (N-methyl/N-ethyl adjacent to an activating group) is 1. The first-order valence-electron chi connectivity index (χ1n) is 6.80. The highest BCUT2D eigenvalue weighted by Crippen LogP contribution is 2.31. The monoisotopic (exact) mass is 389 g/mol. The standard InChI is InChI=1S/C15H18BrCl2N3/c1-4-19-14(12-7-10(16)5-6-13(12)17)8-11-9(2)20-21(3)15(11)18/h5-7,14,19H,4,8H2,1-3H3. The first-order chi connectivity index (χ1) is 9.93. The molecule has 3 nitrogen and oxygen atoms in total. The fourth-order valence-corrected chi connectivity index (χ4v) is 3.31. The van der Waals surface area contributed by atoms with Gasteiger partial charge in [-0.15, -0.1) is 0 Å². The van der Waals surface area contributed by atoms with Gasteiger partial charge in [-0.05, 0) is 43.7 Å². The molecule has 0 fully saturated rings. The molecule has 1 unspecified atom stereocenters. The summed E-state index contributed by atoms with van der Waals surface area (Å²) in [5.74, 6) is 0. The predicted octanol–water partition coefficient (Wildman–Crippen LogP) is 4.69. The van der Waals surface area contributed by atoms with Crippen molar-refractivity contribution in [3.8, 4) is 0 Å². The summed E-state index contributed by atoms with van der Waals surface area (Å²) in [6.07, 6.45) is 0.753. The van der Waals surface area contributed by atoms with E-state index in [0.717, 1.165) is 39.3 Å². The molecule has 21 heavy (non-hydrogen) atoms. The summed E-state index contributed by atoms with van der Waals surface area (Å²) in [6.45, 7) is 4.91. The molecule has 0 saturated heterocycles. The van der Waals surface area contributed by atoms with E-state index in [0.29, 0.717) is 5.15 Å². The van der Waals surface area contributed by atoms with Gasteiger partial charge in [0.05, 0.1) is 5.69 Å². The van der Waals surface area contributed by atoms with Crippen molar-refractivity contribution in [3.63, 3.8) is 0 Å². The fraction of sp³-hybridized carbons (Fsp3) is 0.400.